The highest BCUT2D eigenvalue weighted by molar-refractivity contribution is 7.92. The van der Waals surface area contributed by atoms with Crippen molar-refractivity contribution < 1.29 is 13.2 Å². The summed E-state index contributed by atoms with van der Waals surface area (Å²) >= 11 is 0. The molecule has 0 unspecified atom stereocenters. The molecule has 2 heterocycles. The van der Waals surface area contributed by atoms with Crippen LogP contribution in [-0.2, 0) is 23.0 Å². The molecule has 126 valence electrons. The fourth-order valence-corrected chi connectivity index (χ4v) is 3.55. The minimum Gasteiger partial charge on any atom is -0.366 e. The number of nitrogens with one attached hydrogen (secondary N) is 1. The lowest BCUT2D eigenvalue weighted by atomic mass is 9.97. The Balaban J connectivity index is 1.94. The van der Waals surface area contributed by atoms with Crippen molar-refractivity contribution in [1.29, 1.82) is 0 Å². The van der Waals surface area contributed by atoms with Gasteiger partial charge in [0.15, 0.2) is 0 Å². The average molecular weight is 346 g/mol. The topological polar surface area (TPSA) is 105 Å². The van der Waals surface area contributed by atoms with Gasteiger partial charge >= 0.3 is 0 Å². The Morgan fingerprint density at radius 2 is 2.12 bits per heavy atom. The van der Waals surface area contributed by atoms with Gasteiger partial charge in [-0.3, -0.25) is 14.5 Å². The zero-order chi connectivity index (χ0) is 17.3. The summed E-state index contributed by atoms with van der Waals surface area (Å²) in [6.45, 7) is 1.22. The Morgan fingerprint density at radius 3 is 2.83 bits per heavy atom. The minimum absolute atomic E-state index is 0.381. The van der Waals surface area contributed by atoms with Crippen LogP contribution in [-0.4, -0.2) is 32.1 Å². The first kappa shape index (κ1) is 16.3. The molecule has 7 nitrogen and oxygen atoms in total. The molecule has 0 aliphatic carbocycles. The van der Waals surface area contributed by atoms with Crippen molar-refractivity contribution in [3.8, 4) is 0 Å². The first-order chi connectivity index (χ1) is 11.3. The number of fused-ring (bicyclic) bond motifs is 1. The van der Waals surface area contributed by atoms with Gasteiger partial charge in [-0.15, -0.1) is 0 Å². The highest BCUT2D eigenvalue weighted by Gasteiger charge is 2.22. The predicted octanol–water partition coefficient (Wildman–Crippen LogP) is 1.11. The number of pyridine rings is 1. The third kappa shape index (κ3) is 3.33. The molecule has 0 fully saturated rings. The average Bonchev–Trinajstić information content (AvgIpc) is 2.53. The van der Waals surface area contributed by atoms with E-state index in [1.54, 1.807) is 18.3 Å². The van der Waals surface area contributed by atoms with Crippen LogP contribution in [0.25, 0.3) is 0 Å². The molecule has 1 aromatic carbocycles. The monoisotopic (exact) mass is 346 g/mol. The third-order valence-electron chi connectivity index (χ3n) is 3.97. The first-order valence-electron chi connectivity index (χ1n) is 7.42. The van der Waals surface area contributed by atoms with Crippen LogP contribution in [0.15, 0.2) is 36.7 Å². The molecule has 3 N–H and O–H groups in total. The van der Waals surface area contributed by atoms with E-state index in [0.717, 1.165) is 23.1 Å². The molecule has 1 aliphatic heterocycles. The third-order valence-corrected chi connectivity index (χ3v) is 4.56. The van der Waals surface area contributed by atoms with Crippen LogP contribution in [0.4, 0.5) is 11.4 Å². The van der Waals surface area contributed by atoms with Gasteiger partial charge < -0.3 is 10.6 Å². The number of hydrogen-bond donors (Lipinski definition) is 2. The maximum atomic E-state index is 11.6. The van der Waals surface area contributed by atoms with Gasteiger partial charge in [0.05, 0.1) is 23.2 Å². The van der Waals surface area contributed by atoms with Crippen LogP contribution in [0.3, 0.4) is 0 Å². The van der Waals surface area contributed by atoms with E-state index in [9.17, 15) is 13.2 Å². The first-order valence-corrected chi connectivity index (χ1v) is 9.31. The molecule has 24 heavy (non-hydrogen) atoms. The Labute approximate surface area is 140 Å². The van der Waals surface area contributed by atoms with Gasteiger partial charge in [0.2, 0.25) is 10.0 Å². The van der Waals surface area contributed by atoms with E-state index in [1.807, 2.05) is 17.0 Å². The van der Waals surface area contributed by atoms with E-state index in [0.29, 0.717) is 30.8 Å². The normalized spacial score (nSPS) is 14.1. The van der Waals surface area contributed by atoms with Crippen molar-refractivity contribution in [1.82, 2.24) is 4.98 Å². The predicted molar refractivity (Wildman–Crippen MR) is 92.4 cm³/mol. The zero-order valence-corrected chi connectivity index (χ0v) is 14.0. The Kier molecular flexibility index (Phi) is 4.15. The number of aromatic nitrogens is 1. The van der Waals surface area contributed by atoms with Gasteiger partial charge in [0, 0.05) is 25.5 Å². The summed E-state index contributed by atoms with van der Waals surface area (Å²) in [6.07, 6.45) is 4.89. The van der Waals surface area contributed by atoms with Crippen molar-refractivity contribution in [2.24, 2.45) is 5.73 Å². The SMILES string of the molecule is CS(=O)(=O)Nc1cccc2c1CCN(c1ccncc1C(N)=O)C2. The molecule has 2 aromatic rings. The molecule has 0 radical (unpaired) electrons. The maximum absolute atomic E-state index is 11.6. The molecule has 8 heteroatoms. The fraction of sp³-hybridized carbons (Fsp3) is 0.250. The second-order valence-corrected chi connectivity index (χ2v) is 7.49. The summed E-state index contributed by atoms with van der Waals surface area (Å²) in [5, 5.41) is 0. The Bertz CT molecular complexity index is 896. The summed E-state index contributed by atoms with van der Waals surface area (Å²) < 4.78 is 25.6. The van der Waals surface area contributed by atoms with Crippen molar-refractivity contribution in [3.05, 3.63) is 53.3 Å². The van der Waals surface area contributed by atoms with E-state index < -0.39 is 15.9 Å². The summed E-state index contributed by atoms with van der Waals surface area (Å²) in [5.74, 6) is -0.517. The van der Waals surface area contributed by atoms with Crippen LogP contribution < -0.4 is 15.4 Å². The van der Waals surface area contributed by atoms with Gasteiger partial charge in [-0.2, -0.15) is 0 Å². The highest BCUT2D eigenvalue weighted by atomic mass is 32.2. The van der Waals surface area contributed by atoms with E-state index >= 15 is 0 Å². The quantitative estimate of drug-likeness (QED) is 0.863. The van der Waals surface area contributed by atoms with E-state index in [2.05, 4.69) is 9.71 Å². The number of hydrogen-bond acceptors (Lipinski definition) is 5. The van der Waals surface area contributed by atoms with E-state index in [-0.39, 0.29) is 0 Å². The van der Waals surface area contributed by atoms with Gasteiger partial charge in [0.25, 0.3) is 5.91 Å². The van der Waals surface area contributed by atoms with Crippen molar-refractivity contribution in [3.63, 3.8) is 0 Å². The standard InChI is InChI=1S/C16H18N4O3S/c1-24(22,23)19-14-4-2-3-11-10-20(8-6-12(11)14)15-5-7-18-9-13(15)16(17)21/h2-5,7,9,19H,6,8,10H2,1H3,(H2,17,21). The van der Waals surface area contributed by atoms with Gasteiger partial charge in [-0.25, -0.2) is 8.42 Å². The van der Waals surface area contributed by atoms with Crippen LogP contribution in [0.2, 0.25) is 0 Å². The largest absolute Gasteiger partial charge is 0.366 e. The molecule has 1 aromatic heterocycles. The fourth-order valence-electron chi connectivity index (χ4n) is 2.96. The summed E-state index contributed by atoms with van der Waals surface area (Å²) in [5.41, 5.74) is 9.16. The molecule has 3 rings (SSSR count). The number of primary amides is 1. The Hall–Kier alpha value is -2.61. The molecule has 0 saturated carbocycles. The second-order valence-electron chi connectivity index (χ2n) is 5.75. The Morgan fingerprint density at radius 1 is 1.33 bits per heavy atom. The maximum Gasteiger partial charge on any atom is 0.252 e. The molecule has 0 saturated heterocycles. The summed E-state index contributed by atoms with van der Waals surface area (Å²) in [7, 11) is -3.33. The van der Waals surface area contributed by atoms with E-state index in [4.69, 9.17) is 5.73 Å². The van der Waals surface area contributed by atoms with Crippen LogP contribution >= 0.6 is 0 Å². The van der Waals surface area contributed by atoms with Gasteiger partial charge in [0.1, 0.15) is 0 Å². The number of anilines is 2. The number of benzene rings is 1. The lowest BCUT2D eigenvalue weighted by molar-refractivity contribution is 0.100. The van der Waals surface area contributed by atoms with Crippen LogP contribution in [0.1, 0.15) is 21.5 Å². The number of amides is 1. The van der Waals surface area contributed by atoms with Crippen LogP contribution in [0.5, 0.6) is 0 Å². The highest BCUT2D eigenvalue weighted by Crippen LogP contribution is 2.30. The lowest BCUT2D eigenvalue weighted by Gasteiger charge is -2.32. The van der Waals surface area contributed by atoms with Gasteiger partial charge in [-0.05, 0) is 29.7 Å². The molecule has 0 spiro atoms. The van der Waals surface area contributed by atoms with Crippen molar-refractivity contribution in [2.45, 2.75) is 13.0 Å². The van der Waals surface area contributed by atoms with Crippen molar-refractivity contribution in [2.75, 3.05) is 22.4 Å². The van der Waals surface area contributed by atoms with Crippen molar-refractivity contribution >= 4 is 27.3 Å². The number of rotatable bonds is 4. The second kappa shape index (κ2) is 6.12. The number of carbonyl (C=O) groups is 1. The molecule has 0 atom stereocenters. The number of nitrogens with two attached hydrogens (primary N) is 1. The summed E-state index contributed by atoms with van der Waals surface area (Å²) in [4.78, 5) is 17.6. The minimum atomic E-state index is -3.33. The van der Waals surface area contributed by atoms with Gasteiger partial charge in [-0.1, -0.05) is 12.1 Å². The lowest BCUT2D eigenvalue weighted by Crippen LogP contribution is -2.33. The smallest absolute Gasteiger partial charge is 0.252 e. The number of sulfonamides is 1. The number of carbonyl (C=O) groups excluding carboxylic acids is 1. The molecular weight excluding hydrogens is 328 g/mol. The van der Waals surface area contributed by atoms with E-state index in [1.165, 1.54) is 6.20 Å². The molecule has 1 amide bonds. The molecular formula is C16H18N4O3S. The summed E-state index contributed by atoms with van der Waals surface area (Å²) in [6, 6.07) is 7.30. The zero-order valence-electron chi connectivity index (χ0n) is 13.2. The molecule has 1 aliphatic rings. The number of nitrogens with zero attached hydrogens (tertiary/aromatic N) is 2. The molecule has 0 bridgehead atoms. The van der Waals surface area contributed by atoms with Crippen LogP contribution in [0, 0.1) is 0 Å².